The third kappa shape index (κ3) is 4.09. The first kappa shape index (κ1) is 16.5. The summed E-state index contributed by atoms with van der Waals surface area (Å²) in [5.41, 5.74) is 0.345. The van der Waals surface area contributed by atoms with E-state index in [9.17, 15) is 14.4 Å². The highest BCUT2D eigenvalue weighted by molar-refractivity contribution is 5.92. The molecule has 23 heavy (non-hydrogen) atoms. The van der Waals surface area contributed by atoms with Crippen molar-refractivity contribution in [3.63, 3.8) is 0 Å². The minimum Gasteiger partial charge on any atom is -0.481 e. The van der Waals surface area contributed by atoms with E-state index in [0.29, 0.717) is 5.69 Å². The second-order valence-electron chi connectivity index (χ2n) is 5.60. The van der Waals surface area contributed by atoms with Gasteiger partial charge in [-0.25, -0.2) is 4.68 Å². The molecule has 1 unspecified atom stereocenters. The van der Waals surface area contributed by atoms with Crippen molar-refractivity contribution in [2.75, 3.05) is 0 Å². The molecule has 1 amide bonds. The average molecular weight is 317 g/mol. The van der Waals surface area contributed by atoms with Gasteiger partial charge in [0.2, 0.25) is 0 Å². The molecule has 0 saturated carbocycles. The average Bonchev–Trinajstić information content (AvgIpc) is 2.89. The third-order valence-electron chi connectivity index (χ3n) is 3.50. The summed E-state index contributed by atoms with van der Waals surface area (Å²) in [6.45, 7) is 3.65. The monoisotopic (exact) mass is 317 g/mol. The van der Waals surface area contributed by atoms with Gasteiger partial charge in [0.05, 0.1) is 12.1 Å². The molecule has 1 aromatic heterocycles. The molecule has 1 heterocycles. The van der Waals surface area contributed by atoms with Gasteiger partial charge in [0.1, 0.15) is 5.69 Å². The Hall–Kier alpha value is -2.83. The van der Waals surface area contributed by atoms with Crippen LogP contribution in [0, 0.1) is 5.92 Å². The number of para-hydroxylation sites is 1. The summed E-state index contributed by atoms with van der Waals surface area (Å²) >= 11 is 0. The van der Waals surface area contributed by atoms with E-state index in [2.05, 4.69) is 10.4 Å². The molecule has 0 aliphatic carbocycles. The molecule has 1 atom stereocenters. The second kappa shape index (κ2) is 6.95. The van der Waals surface area contributed by atoms with E-state index in [1.165, 1.54) is 10.7 Å². The van der Waals surface area contributed by atoms with Gasteiger partial charge >= 0.3 is 5.97 Å². The lowest BCUT2D eigenvalue weighted by molar-refractivity contribution is -0.137. The van der Waals surface area contributed by atoms with E-state index >= 15 is 0 Å². The summed E-state index contributed by atoms with van der Waals surface area (Å²) in [5, 5.41) is 14.3. The Labute approximate surface area is 132 Å². The number of hydrogen-bond donors (Lipinski definition) is 3. The van der Waals surface area contributed by atoms with Crippen LogP contribution in [0.4, 0.5) is 0 Å². The third-order valence-corrected chi connectivity index (χ3v) is 3.50. The maximum atomic E-state index is 12.3. The molecule has 0 bridgehead atoms. The molecule has 0 aliphatic heterocycles. The quantitative estimate of drug-likeness (QED) is 0.749. The number of carbonyl (C=O) groups is 2. The highest BCUT2D eigenvalue weighted by Crippen LogP contribution is 2.08. The molecule has 0 aliphatic rings. The van der Waals surface area contributed by atoms with Crippen molar-refractivity contribution in [3.8, 4) is 5.69 Å². The zero-order valence-electron chi connectivity index (χ0n) is 12.9. The van der Waals surface area contributed by atoms with Crippen molar-refractivity contribution < 1.29 is 14.7 Å². The largest absolute Gasteiger partial charge is 0.481 e. The molecule has 2 rings (SSSR count). The molecule has 1 aromatic carbocycles. The number of benzene rings is 1. The van der Waals surface area contributed by atoms with E-state index in [-0.39, 0.29) is 23.6 Å². The highest BCUT2D eigenvalue weighted by Gasteiger charge is 2.21. The van der Waals surface area contributed by atoms with Crippen LogP contribution in [0.2, 0.25) is 0 Å². The predicted molar refractivity (Wildman–Crippen MR) is 84.7 cm³/mol. The minimum atomic E-state index is -0.987. The summed E-state index contributed by atoms with van der Waals surface area (Å²) in [7, 11) is 0. The maximum Gasteiger partial charge on any atom is 0.305 e. The molecular formula is C16H19N3O4. The Morgan fingerprint density at radius 3 is 2.48 bits per heavy atom. The fourth-order valence-electron chi connectivity index (χ4n) is 2.17. The van der Waals surface area contributed by atoms with Gasteiger partial charge in [-0.05, 0) is 18.1 Å². The van der Waals surface area contributed by atoms with Gasteiger partial charge in [-0.1, -0.05) is 32.0 Å². The van der Waals surface area contributed by atoms with Gasteiger partial charge in [-0.3, -0.25) is 19.5 Å². The van der Waals surface area contributed by atoms with E-state index in [0.717, 1.165) is 0 Å². The lowest BCUT2D eigenvalue weighted by Gasteiger charge is -2.20. The van der Waals surface area contributed by atoms with Crippen molar-refractivity contribution >= 4 is 11.9 Å². The molecular weight excluding hydrogens is 298 g/mol. The predicted octanol–water partition coefficient (Wildman–Crippen LogP) is 1.39. The van der Waals surface area contributed by atoms with Crippen LogP contribution in [0.15, 0.2) is 41.2 Å². The van der Waals surface area contributed by atoms with Crippen LogP contribution in [0.5, 0.6) is 0 Å². The molecule has 0 fully saturated rings. The van der Waals surface area contributed by atoms with Crippen molar-refractivity contribution in [2.24, 2.45) is 5.92 Å². The van der Waals surface area contributed by atoms with Crippen LogP contribution in [0.3, 0.4) is 0 Å². The number of nitrogens with zero attached hydrogens (tertiary/aromatic N) is 1. The topological polar surface area (TPSA) is 104 Å². The van der Waals surface area contributed by atoms with Crippen LogP contribution in [0.1, 0.15) is 30.8 Å². The summed E-state index contributed by atoms with van der Waals surface area (Å²) < 4.78 is 1.26. The van der Waals surface area contributed by atoms with E-state index in [1.807, 2.05) is 19.9 Å². The van der Waals surface area contributed by atoms with Gasteiger partial charge < -0.3 is 10.4 Å². The van der Waals surface area contributed by atoms with Crippen molar-refractivity contribution in [1.82, 2.24) is 15.1 Å². The number of aromatic nitrogens is 2. The van der Waals surface area contributed by atoms with Crippen LogP contribution >= 0.6 is 0 Å². The Morgan fingerprint density at radius 2 is 1.91 bits per heavy atom. The first-order valence-electron chi connectivity index (χ1n) is 7.28. The molecule has 7 heteroatoms. The lowest BCUT2D eigenvalue weighted by atomic mass is 10.0. The Morgan fingerprint density at radius 1 is 1.26 bits per heavy atom. The fraction of sp³-hybridized carbons (Fsp3) is 0.312. The number of amides is 1. The minimum absolute atomic E-state index is 0.0435. The van der Waals surface area contributed by atoms with E-state index in [1.54, 1.807) is 24.3 Å². The molecule has 0 saturated heterocycles. The second-order valence-corrected chi connectivity index (χ2v) is 5.60. The molecule has 122 valence electrons. The first-order chi connectivity index (χ1) is 10.9. The summed E-state index contributed by atoms with van der Waals surface area (Å²) in [4.78, 5) is 35.1. The Balaban J connectivity index is 2.20. The summed E-state index contributed by atoms with van der Waals surface area (Å²) in [6.07, 6.45) is -0.174. The van der Waals surface area contributed by atoms with E-state index < -0.39 is 17.9 Å². The molecule has 2 aromatic rings. The number of H-pyrrole nitrogens is 1. The number of hydrogen-bond acceptors (Lipinski definition) is 3. The molecule has 7 nitrogen and oxygen atoms in total. The number of aromatic amines is 1. The van der Waals surface area contributed by atoms with Gasteiger partial charge in [-0.2, -0.15) is 0 Å². The number of aliphatic carboxylic acids is 1. The van der Waals surface area contributed by atoms with Crippen LogP contribution in [-0.4, -0.2) is 32.8 Å². The van der Waals surface area contributed by atoms with E-state index in [4.69, 9.17) is 5.11 Å². The molecule has 0 radical (unpaired) electrons. The van der Waals surface area contributed by atoms with Gasteiger partial charge in [0.25, 0.3) is 11.5 Å². The van der Waals surface area contributed by atoms with Crippen molar-refractivity contribution in [1.29, 1.82) is 0 Å². The van der Waals surface area contributed by atoms with Crippen LogP contribution in [-0.2, 0) is 4.79 Å². The molecule has 3 N–H and O–H groups in total. The highest BCUT2D eigenvalue weighted by atomic mass is 16.4. The number of rotatable bonds is 6. The standard InChI is InChI=1S/C16H19N3O4/c1-10(2)12(9-15(21)22)17-16(23)13-8-14(20)19(18-13)11-6-4-3-5-7-11/h3-8,10,12,18H,9H2,1-2H3,(H,17,23)(H,21,22). The first-order valence-corrected chi connectivity index (χ1v) is 7.28. The zero-order chi connectivity index (χ0) is 17.0. The van der Waals surface area contributed by atoms with Gasteiger partial charge in [0, 0.05) is 12.1 Å². The normalized spacial score (nSPS) is 12.1. The van der Waals surface area contributed by atoms with Crippen molar-refractivity contribution in [2.45, 2.75) is 26.3 Å². The van der Waals surface area contributed by atoms with Crippen molar-refractivity contribution in [3.05, 3.63) is 52.4 Å². The Kier molecular flexibility index (Phi) is 5.00. The summed E-state index contributed by atoms with van der Waals surface area (Å²) in [6, 6.07) is 9.55. The number of carbonyl (C=O) groups excluding carboxylic acids is 1. The van der Waals surface area contributed by atoms with Gasteiger partial charge in [0.15, 0.2) is 0 Å². The maximum absolute atomic E-state index is 12.3. The Bertz CT molecular complexity index is 746. The smallest absolute Gasteiger partial charge is 0.305 e. The molecule has 0 spiro atoms. The number of carboxylic acid groups (broad SMARTS) is 1. The fourth-order valence-corrected chi connectivity index (χ4v) is 2.17. The number of nitrogens with one attached hydrogen (secondary N) is 2. The van der Waals surface area contributed by atoms with Crippen LogP contribution in [0.25, 0.3) is 5.69 Å². The van der Waals surface area contributed by atoms with Gasteiger partial charge in [-0.15, -0.1) is 0 Å². The zero-order valence-corrected chi connectivity index (χ0v) is 12.9. The van der Waals surface area contributed by atoms with Crippen LogP contribution < -0.4 is 10.9 Å². The summed E-state index contributed by atoms with van der Waals surface area (Å²) in [5.74, 6) is -1.53. The SMILES string of the molecule is CC(C)C(CC(=O)O)NC(=O)c1cc(=O)n(-c2ccccc2)[nH]1. The number of carboxylic acids is 1. The lowest BCUT2D eigenvalue weighted by Crippen LogP contribution is -2.40.